The zero-order valence-electron chi connectivity index (χ0n) is 17.2. The van der Waals surface area contributed by atoms with Crippen LogP contribution in [0.4, 0.5) is 0 Å². The topological polar surface area (TPSA) is 79.2 Å². The van der Waals surface area contributed by atoms with E-state index in [1.54, 1.807) is 0 Å². The second-order valence-electron chi connectivity index (χ2n) is 7.68. The first-order valence-corrected chi connectivity index (χ1v) is 11.1. The summed E-state index contributed by atoms with van der Waals surface area (Å²) >= 11 is 0. The van der Waals surface area contributed by atoms with Gasteiger partial charge < -0.3 is 24.8 Å². The van der Waals surface area contributed by atoms with E-state index in [0.29, 0.717) is 6.61 Å². The highest BCUT2D eigenvalue weighted by molar-refractivity contribution is 4.87. The van der Waals surface area contributed by atoms with Gasteiger partial charge in [0.25, 0.3) is 0 Å². The van der Waals surface area contributed by atoms with Gasteiger partial charge in [0, 0.05) is 6.61 Å². The van der Waals surface area contributed by atoms with Crippen molar-refractivity contribution in [2.24, 2.45) is 0 Å². The molecule has 1 saturated heterocycles. The minimum absolute atomic E-state index is 0.0431. The number of hydrogen-bond donors (Lipinski definition) is 3. The highest BCUT2D eigenvalue weighted by Gasteiger charge is 2.39. The molecule has 0 aromatic heterocycles. The van der Waals surface area contributed by atoms with E-state index in [1.807, 2.05) is 0 Å². The van der Waals surface area contributed by atoms with Crippen LogP contribution in [0, 0.1) is 0 Å². The predicted molar refractivity (Wildman–Crippen MR) is 109 cm³/mol. The molecular formula is C22H42O5. The Hall–Kier alpha value is -0.460. The van der Waals surface area contributed by atoms with Gasteiger partial charge in [0.15, 0.2) is 0 Å². The Kier molecular flexibility index (Phi) is 15.0. The summed E-state index contributed by atoms with van der Waals surface area (Å²) in [4.78, 5) is 0. The number of ether oxygens (including phenoxy) is 2. The second kappa shape index (κ2) is 16.5. The normalized spacial score (nSPS) is 26.1. The number of aliphatic hydroxyl groups excluding tert-OH is 3. The molecule has 0 aliphatic carbocycles. The van der Waals surface area contributed by atoms with Crippen LogP contribution in [0.2, 0.25) is 0 Å². The van der Waals surface area contributed by atoms with Gasteiger partial charge in [-0.15, -0.1) is 0 Å². The van der Waals surface area contributed by atoms with Gasteiger partial charge in [0.2, 0.25) is 0 Å². The van der Waals surface area contributed by atoms with Crippen LogP contribution < -0.4 is 0 Å². The first-order chi connectivity index (χ1) is 13.2. The zero-order chi connectivity index (χ0) is 19.7. The first-order valence-electron chi connectivity index (χ1n) is 11.1. The summed E-state index contributed by atoms with van der Waals surface area (Å²) in [6.07, 6.45) is 16.3. The van der Waals surface area contributed by atoms with E-state index in [4.69, 9.17) is 9.47 Å². The molecule has 5 nitrogen and oxygen atoms in total. The average Bonchev–Trinajstić information content (AvgIpc) is 2.68. The summed E-state index contributed by atoms with van der Waals surface area (Å²) in [6.45, 7) is 2.60. The Bertz CT molecular complexity index is 359. The number of allylic oxidation sites excluding steroid dienone is 2. The van der Waals surface area contributed by atoms with Crippen molar-refractivity contribution >= 4 is 0 Å². The fraction of sp³-hybridized carbons (Fsp3) is 0.909. The van der Waals surface area contributed by atoms with Gasteiger partial charge in [-0.25, -0.2) is 0 Å². The maximum Gasteiger partial charge on any atom is 0.114 e. The minimum atomic E-state index is -0.989. The first kappa shape index (κ1) is 24.6. The van der Waals surface area contributed by atoms with E-state index < -0.39 is 24.4 Å². The SMILES string of the molecule is CCCC/C=C/CCCCCCCCCCO[C@H]1[C@H](O)[C@@H](O)CO[C@@H]1CO. The van der Waals surface area contributed by atoms with Crippen LogP contribution in [0.25, 0.3) is 0 Å². The van der Waals surface area contributed by atoms with Gasteiger partial charge in [-0.2, -0.15) is 0 Å². The van der Waals surface area contributed by atoms with E-state index >= 15 is 0 Å². The fourth-order valence-electron chi connectivity index (χ4n) is 3.42. The highest BCUT2D eigenvalue weighted by atomic mass is 16.6. The van der Waals surface area contributed by atoms with Crippen molar-refractivity contribution in [2.75, 3.05) is 19.8 Å². The summed E-state index contributed by atoms with van der Waals surface area (Å²) < 4.78 is 11.0. The standard InChI is InChI=1S/C22H42O5/c1-2-3-4-5-6-7-8-9-10-11-12-13-14-15-16-26-22-20(17-23)27-18-19(24)21(22)25/h5-6,19-25H,2-4,7-18H2,1H3/b6-5+/t19-,20+,21+,22+/m0/s1. The molecule has 0 radical (unpaired) electrons. The Morgan fingerprint density at radius 3 is 2.11 bits per heavy atom. The summed E-state index contributed by atoms with van der Waals surface area (Å²) in [7, 11) is 0. The zero-order valence-corrected chi connectivity index (χ0v) is 17.2. The summed E-state index contributed by atoms with van der Waals surface area (Å²) in [6, 6.07) is 0. The van der Waals surface area contributed by atoms with E-state index in [1.165, 1.54) is 64.2 Å². The molecule has 0 unspecified atom stereocenters. The van der Waals surface area contributed by atoms with E-state index in [0.717, 1.165) is 12.8 Å². The summed E-state index contributed by atoms with van der Waals surface area (Å²) in [5.74, 6) is 0. The van der Waals surface area contributed by atoms with Gasteiger partial charge in [-0.3, -0.25) is 0 Å². The molecule has 160 valence electrons. The molecule has 1 rings (SSSR count). The quantitative estimate of drug-likeness (QED) is 0.278. The molecule has 0 aromatic carbocycles. The molecule has 5 heteroatoms. The van der Waals surface area contributed by atoms with Crippen LogP contribution in [0.1, 0.15) is 84.0 Å². The molecule has 0 bridgehead atoms. The van der Waals surface area contributed by atoms with Crippen molar-refractivity contribution in [3.63, 3.8) is 0 Å². The van der Waals surface area contributed by atoms with Crippen LogP contribution in [0.5, 0.6) is 0 Å². The number of aliphatic hydroxyl groups is 3. The Morgan fingerprint density at radius 2 is 1.48 bits per heavy atom. The fourth-order valence-corrected chi connectivity index (χ4v) is 3.42. The lowest BCUT2D eigenvalue weighted by molar-refractivity contribution is -0.211. The van der Waals surface area contributed by atoms with Crippen LogP contribution in [0.15, 0.2) is 12.2 Å². The molecule has 0 spiro atoms. The lowest BCUT2D eigenvalue weighted by atomic mass is 10.0. The van der Waals surface area contributed by atoms with Crippen molar-refractivity contribution in [1.29, 1.82) is 0 Å². The Labute approximate surface area is 165 Å². The maximum absolute atomic E-state index is 9.98. The summed E-state index contributed by atoms with van der Waals surface area (Å²) in [5.41, 5.74) is 0. The molecule has 3 N–H and O–H groups in total. The molecule has 1 aliphatic heterocycles. The van der Waals surface area contributed by atoms with Crippen molar-refractivity contribution < 1.29 is 24.8 Å². The highest BCUT2D eigenvalue weighted by Crippen LogP contribution is 2.19. The molecule has 1 aliphatic rings. The molecular weight excluding hydrogens is 344 g/mol. The maximum atomic E-state index is 9.98. The third kappa shape index (κ3) is 11.2. The van der Waals surface area contributed by atoms with Crippen LogP contribution >= 0.6 is 0 Å². The van der Waals surface area contributed by atoms with Crippen molar-refractivity contribution in [3.8, 4) is 0 Å². The largest absolute Gasteiger partial charge is 0.394 e. The molecule has 0 amide bonds. The van der Waals surface area contributed by atoms with E-state index in [2.05, 4.69) is 19.1 Å². The number of unbranched alkanes of at least 4 members (excludes halogenated alkanes) is 10. The second-order valence-corrected chi connectivity index (χ2v) is 7.68. The monoisotopic (exact) mass is 386 g/mol. The van der Waals surface area contributed by atoms with Crippen molar-refractivity contribution in [3.05, 3.63) is 12.2 Å². The van der Waals surface area contributed by atoms with Crippen molar-refractivity contribution in [1.82, 2.24) is 0 Å². The van der Waals surface area contributed by atoms with Crippen LogP contribution in [-0.2, 0) is 9.47 Å². The van der Waals surface area contributed by atoms with E-state index in [9.17, 15) is 15.3 Å². The third-order valence-electron chi connectivity index (χ3n) is 5.22. The smallest absolute Gasteiger partial charge is 0.114 e. The molecule has 4 atom stereocenters. The van der Waals surface area contributed by atoms with E-state index in [-0.39, 0.29) is 13.2 Å². The molecule has 27 heavy (non-hydrogen) atoms. The molecule has 0 aromatic rings. The van der Waals surface area contributed by atoms with Gasteiger partial charge in [-0.05, 0) is 25.7 Å². The molecule has 1 heterocycles. The molecule has 1 fully saturated rings. The Balaban J connectivity index is 1.90. The van der Waals surface area contributed by atoms with Gasteiger partial charge in [-0.1, -0.05) is 70.4 Å². The van der Waals surface area contributed by atoms with Crippen LogP contribution in [0.3, 0.4) is 0 Å². The Morgan fingerprint density at radius 1 is 0.889 bits per heavy atom. The third-order valence-corrected chi connectivity index (χ3v) is 5.22. The van der Waals surface area contributed by atoms with Crippen LogP contribution in [-0.4, -0.2) is 59.6 Å². The lowest BCUT2D eigenvalue weighted by Crippen LogP contribution is -2.55. The van der Waals surface area contributed by atoms with Gasteiger partial charge in [0.1, 0.15) is 24.4 Å². The van der Waals surface area contributed by atoms with Gasteiger partial charge in [0.05, 0.1) is 13.2 Å². The summed E-state index contributed by atoms with van der Waals surface area (Å²) in [5, 5.41) is 28.9. The number of rotatable bonds is 16. The lowest BCUT2D eigenvalue weighted by Gasteiger charge is -2.37. The molecule has 0 saturated carbocycles. The minimum Gasteiger partial charge on any atom is -0.394 e. The van der Waals surface area contributed by atoms with Gasteiger partial charge >= 0.3 is 0 Å². The average molecular weight is 387 g/mol. The van der Waals surface area contributed by atoms with Crippen molar-refractivity contribution in [2.45, 2.75) is 108 Å². The number of hydrogen-bond acceptors (Lipinski definition) is 5. The predicted octanol–water partition coefficient (Wildman–Crippen LogP) is 3.74.